The van der Waals surface area contributed by atoms with Crippen molar-refractivity contribution in [3.8, 4) is 0 Å². The first-order valence-corrected chi connectivity index (χ1v) is 7.31. The fourth-order valence-corrected chi connectivity index (χ4v) is 2.75. The van der Waals surface area contributed by atoms with Crippen LogP contribution in [-0.2, 0) is 6.42 Å². The molecule has 0 amide bonds. The Kier molecular flexibility index (Phi) is 3.60. The molecule has 2 heterocycles. The van der Waals surface area contributed by atoms with Crippen molar-refractivity contribution in [3.05, 3.63) is 46.4 Å². The topological polar surface area (TPSA) is 69.1 Å². The summed E-state index contributed by atoms with van der Waals surface area (Å²) in [6, 6.07) is 7.57. The standard InChI is InChI=1S/C17H18N2O2/c1-2-3-4-7-11-10-19-16(18)15-14(11)12-8-5-6-9-13(12)21-17(15)20/h5-6,8-10H,2-4,7H2,1H3,(H2,18,19). The third-order valence-electron chi connectivity index (χ3n) is 3.80. The molecule has 4 nitrogen and oxygen atoms in total. The highest BCUT2D eigenvalue weighted by molar-refractivity contribution is 6.09. The Morgan fingerprint density at radius 2 is 2.00 bits per heavy atom. The number of hydrogen-bond acceptors (Lipinski definition) is 4. The van der Waals surface area contributed by atoms with Crippen molar-refractivity contribution in [1.29, 1.82) is 0 Å². The predicted molar refractivity (Wildman–Crippen MR) is 85.4 cm³/mol. The average Bonchev–Trinajstić information content (AvgIpc) is 2.49. The van der Waals surface area contributed by atoms with E-state index >= 15 is 0 Å². The molecule has 2 aromatic heterocycles. The molecule has 0 aliphatic carbocycles. The zero-order chi connectivity index (χ0) is 14.8. The summed E-state index contributed by atoms with van der Waals surface area (Å²) in [4.78, 5) is 16.4. The highest BCUT2D eigenvalue weighted by Crippen LogP contribution is 2.29. The molecular formula is C17H18N2O2. The number of aryl methyl sites for hydroxylation is 1. The van der Waals surface area contributed by atoms with Crippen molar-refractivity contribution in [3.63, 3.8) is 0 Å². The molecule has 2 N–H and O–H groups in total. The second-order valence-electron chi connectivity index (χ2n) is 5.26. The van der Waals surface area contributed by atoms with Crippen LogP contribution in [0.2, 0.25) is 0 Å². The smallest absolute Gasteiger partial charge is 0.347 e. The molecule has 0 saturated heterocycles. The number of nitrogens with zero attached hydrogens (tertiary/aromatic N) is 1. The first-order chi connectivity index (χ1) is 10.2. The summed E-state index contributed by atoms with van der Waals surface area (Å²) in [5, 5.41) is 2.22. The normalized spacial score (nSPS) is 11.3. The fourth-order valence-electron chi connectivity index (χ4n) is 2.75. The summed E-state index contributed by atoms with van der Waals surface area (Å²) in [5.74, 6) is 0.240. The third kappa shape index (κ3) is 2.37. The zero-order valence-corrected chi connectivity index (χ0v) is 12.1. The number of aromatic nitrogens is 1. The van der Waals surface area contributed by atoms with E-state index in [2.05, 4.69) is 11.9 Å². The van der Waals surface area contributed by atoms with E-state index in [-0.39, 0.29) is 5.82 Å². The van der Waals surface area contributed by atoms with Crippen LogP contribution in [0.25, 0.3) is 21.7 Å². The van der Waals surface area contributed by atoms with Gasteiger partial charge in [0.25, 0.3) is 0 Å². The summed E-state index contributed by atoms with van der Waals surface area (Å²) >= 11 is 0. The van der Waals surface area contributed by atoms with Gasteiger partial charge in [-0.15, -0.1) is 0 Å². The zero-order valence-electron chi connectivity index (χ0n) is 12.1. The number of para-hydroxylation sites is 1. The van der Waals surface area contributed by atoms with Crippen molar-refractivity contribution < 1.29 is 4.42 Å². The van der Waals surface area contributed by atoms with Gasteiger partial charge >= 0.3 is 5.63 Å². The molecule has 3 aromatic rings. The van der Waals surface area contributed by atoms with Crippen LogP contribution in [0.4, 0.5) is 5.82 Å². The van der Waals surface area contributed by atoms with Crippen LogP contribution in [-0.4, -0.2) is 4.98 Å². The first kappa shape index (κ1) is 13.6. The molecule has 108 valence electrons. The monoisotopic (exact) mass is 282 g/mol. The van der Waals surface area contributed by atoms with Crippen molar-refractivity contribution in [2.45, 2.75) is 32.6 Å². The SMILES string of the molecule is CCCCCc1cnc(N)c2c(=O)oc3ccccc3c12. The summed E-state index contributed by atoms with van der Waals surface area (Å²) in [6.45, 7) is 2.17. The van der Waals surface area contributed by atoms with Gasteiger partial charge in [0.15, 0.2) is 0 Å². The number of nitrogen functional groups attached to an aromatic ring is 1. The Morgan fingerprint density at radius 3 is 2.81 bits per heavy atom. The molecule has 0 aliphatic heterocycles. The quantitative estimate of drug-likeness (QED) is 0.450. The lowest BCUT2D eigenvalue weighted by molar-refractivity contribution is 0.569. The van der Waals surface area contributed by atoms with Gasteiger partial charge in [-0.25, -0.2) is 9.78 Å². The summed E-state index contributed by atoms with van der Waals surface area (Å²) in [7, 11) is 0. The third-order valence-corrected chi connectivity index (χ3v) is 3.80. The summed E-state index contributed by atoms with van der Waals surface area (Å²) in [5.41, 5.74) is 7.15. The Bertz CT molecular complexity index is 852. The van der Waals surface area contributed by atoms with Gasteiger partial charge in [0.05, 0.1) is 0 Å². The second-order valence-corrected chi connectivity index (χ2v) is 5.26. The van der Waals surface area contributed by atoms with E-state index in [9.17, 15) is 4.79 Å². The Balaban J connectivity index is 2.33. The highest BCUT2D eigenvalue weighted by Gasteiger charge is 2.14. The Hall–Kier alpha value is -2.36. The Labute approximate surface area is 122 Å². The van der Waals surface area contributed by atoms with Gasteiger partial charge < -0.3 is 10.2 Å². The van der Waals surface area contributed by atoms with E-state index in [0.29, 0.717) is 11.0 Å². The van der Waals surface area contributed by atoms with Gasteiger partial charge in [-0.3, -0.25) is 0 Å². The largest absolute Gasteiger partial charge is 0.422 e. The van der Waals surface area contributed by atoms with Crippen molar-refractivity contribution >= 4 is 27.6 Å². The molecule has 21 heavy (non-hydrogen) atoms. The van der Waals surface area contributed by atoms with Crippen LogP contribution in [0.5, 0.6) is 0 Å². The maximum absolute atomic E-state index is 12.2. The van der Waals surface area contributed by atoms with Gasteiger partial charge in [-0.1, -0.05) is 38.0 Å². The maximum atomic E-state index is 12.2. The van der Waals surface area contributed by atoms with Gasteiger partial charge in [0, 0.05) is 17.0 Å². The number of benzene rings is 1. The van der Waals surface area contributed by atoms with Crippen molar-refractivity contribution in [1.82, 2.24) is 4.98 Å². The number of nitrogens with two attached hydrogens (primary N) is 1. The van der Waals surface area contributed by atoms with Crippen LogP contribution >= 0.6 is 0 Å². The predicted octanol–water partition coefficient (Wildman–Crippen LogP) is 3.66. The van der Waals surface area contributed by atoms with Crippen LogP contribution in [0.3, 0.4) is 0 Å². The number of rotatable bonds is 4. The maximum Gasteiger partial charge on any atom is 0.347 e. The minimum atomic E-state index is -0.411. The molecule has 0 spiro atoms. The molecule has 0 atom stereocenters. The fraction of sp³-hybridized carbons (Fsp3) is 0.294. The molecule has 0 aliphatic rings. The van der Waals surface area contributed by atoms with E-state index in [0.717, 1.165) is 42.0 Å². The van der Waals surface area contributed by atoms with E-state index < -0.39 is 5.63 Å². The van der Waals surface area contributed by atoms with Gasteiger partial charge in [0.2, 0.25) is 0 Å². The van der Waals surface area contributed by atoms with Gasteiger partial charge in [0.1, 0.15) is 16.8 Å². The lowest BCUT2D eigenvalue weighted by atomic mass is 10.00. The number of unbranched alkanes of at least 4 members (excludes halogenated alkanes) is 2. The minimum Gasteiger partial charge on any atom is -0.422 e. The van der Waals surface area contributed by atoms with Gasteiger partial charge in [-0.2, -0.15) is 0 Å². The van der Waals surface area contributed by atoms with E-state index in [1.54, 1.807) is 6.20 Å². The van der Waals surface area contributed by atoms with Crippen LogP contribution in [0.1, 0.15) is 31.7 Å². The lowest BCUT2D eigenvalue weighted by Gasteiger charge is -2.09. The molecule has 0 radical (unpaired) electrons. The second kappa shape index (κ2) is 5.56. The molecule has 0 unspecified atom stereocenters. The molecule has 3 rings (SSSR count). The molecule has 0 saturated carbocycles. The summed E-state index contributed by atoms with van der Waals surface area (Å²) < 4.78 is 5.36. The highest BCUT2D eigenvalue weighted by atomic mass is 16.4. The molecular weight excluding hydrogens is 264 g/mol. The molecule has 4 heteroatoms. The van der Waals surface area contributed by atoms with E-state index in [1.165, 1.54) is 0 Å². The molecule has 0 fully saturated rings. The van der Waals surface area contributed by atoms with Crippen molar-refractivity contribution in [2.24, 2.45) is 0 Å². The molecule has 1 aromatic carbocycles. The Morgan fingerprint density at radius 1 is 1.19 bits per heavy atom. The van der Waals surface area contributed by atoms with Crippen LogP contribution in [0.15, 0.2) is 39.7 Å². The van der Waals surface area contributed by atoms with Crippen molar-refractivity contribution in [2.75, 3.05) is 5.73 Å². The average molecular weight is 282 g/mol. The molecule has 0 bridgehead atoms. The van der Waals surface area contributed by atoms with Crippen LogP contribution in [0, 0.1) is 0 Å². The number of pyridine rings is 1. The number of fused-ring (bicyclic) bond motifs is 3. The lowest BCUT2D eigenvalue weighted by Crippen LogP contribution is -2.07. The van der Waals surface area contributed by atoms with Crippen LogP contribution < -0.4 is 11.4 Å². The van der Waals surface area contributed by atoms with E-state index in [4.69, 9.17) is 10.2 Å². The first-order valence-electron chi connectivity index (χ1n) is 7.31. The number of hydrogen-bond donors (Lipinski definition) is 1. The van der Waals surface area contributed by atoms with E-state index in [1.807, 2.05) is 24.3 Å². The minimum absolute atomic E-state index is 0.240. The number of anilines is 1. The van der Waals surface area contributed by atoms with Gasteiger partial charge in [-0.05, 0) is 24.5 Å². The summed E-state index contributed by atoms with van der Waals surface area (Å²) in [6.07, 6.45) is 6.07.